The highest BCUT2D eigenvalue weighted by atomic mass is 16.5. The number of morpholine rings is 1. The van der Waals surface area contributed by atoms with Crippen molar-refractivity contribution in [2.75, 3.05) is 33.0 Å². The minimum atomic E-state index is -1.05. The van der Waals surface area contributed by atoms with Gasteiger partial charge in [0.15, 0.2) is 6.04 Å². The number of carboxylic acids is 1. The van der Waals surface area contributed by atoms with Crippen molar-refractivity contribution in [3.63, 3.8) is 0 Å². The summed E-state index contributed by atoms with van der Waals surface area (Å²) in [5.74, 6) is -1.36. The highest BCUT2D eigenvalue weighted by molar-refractivity contribution is 5.86. The van der Waals surface area contributed by atoms with Crippen molar-refractivity contribution in [2.45, 2.75) is 38.0 Å². The standard InChI is InChI=1S/C13H21NO6/c1-9(20-7-10-3-2-5-19-10)12(15)14-4-6-18-8-11(14)13(16)17/h9-11H,2-8H2,1H3,(H,16,17)/t9-,10+,11+/m0/s1. The molecule has 1 amide bonds. The number of hydrogen-bond donors (Lipinski definition) is 1. The van der Waals surface area contributed by atoms with Crippen molar-refractivity contribution in [2.24, 2.45) is 0 Å². The fourth-order valence-electron chi connectivity index (χ4n) is 2.40. The molecule has 3 atom stereocenters. The lowest BCUT2D eigenvalue weighted by Crippen LogP contribution is -2.55. The van der Waals surface area contributed by atoms with Crippen LogP contribution < -0.4 is 0 Å². The van der Waals surface area contributed by atoms with Crippen LogP contribution in [0.2, 0.25) is 0 Å². The van der Waals surface area contributed by atoms with Gasteiger partial charge in [0, 0.05) is 13.2 Å². The number of hydrogen-bond acceptors (Lipinski definition) is 5. The summed E-state index contributed by atoms with van der Waals surface area (Å²) in [6, 6.07) is -0.926. The van der Waals surface area contributed by atoms with Gasteiger partial charge in [-0.3, -0.25) is 4.79 Å². The molecule has 7 nitrogen and oxygen atoms in total. The van der Waals surface area contributed by atoms with E-state index in [0.717, 1.165) is 19.4 Å². The molecule has 2 aliphatic heterocycles. The minimum absolute atomic E-state index is 0.0273. The van der Waals surface area contributed by atoms with E-state index in [9.17, 15) is 9.59 Å². The van der Waals surface area contributed by atoms with E-state index in [1.165, 1.54) is 4.90 Å². The third-order valence-electron chi connectivity index (χ3n) is 3.60. The Hall–Kier alpha value is -1.18. The Bertz CT molecular complexity index is 355. The van der Waals surface area contributed by atoms with E-state index >= 15 is 0 Å². The van der Waals surface area contributed by atoms with Crippen molar-refractivity contribution in [3.05, 3.63) is 0 Å². The summed E-state index contributed by atoms with van der Waals surface area (Å²) in [4.78, 5) is 24.7. The van der Waals surface area contributed by atoms with E-state index < -0.39 is 18.1 Å². The van der Waals surface area contributed by atoms with Gasteiger partial charge < -0.3 is 24.2 Å². The third-order valence-corrected chi connectivity index (χ3v) is 3.60. The van der Waals surface area contributed by atoms with Crippen LogP contribution in [0.4, 0.5) is 0 Å². The van der Waals surface area contributed by atoms with Gasteiger partial charge in [-0.15, -0.1) is 0 Å². The molecule has 0 unspecified atom stereocenters. The first kappa shape index (κ1) is 15.2. The Kier molecular flexibility index (Phi) is 5.33. The normalized spacial score (nSPS) is 28.4. The monoisotopic (exact) mass is 287 g/mol. The van der Waals surface area contributed by atoms with Gasteiger partial charge in [0.1, 0.15) is 6.10 Å². The predicted molar refractivity (Wildman–Crippen MR) is 68.3 cm³/mol. The van der Waals surface area contributed by atoms with E-state index in [1.807, 2.05) is 0 Å². The molecule has 0 spiro atoms. The summed E-state index contributed by atoms with van der Waals surface area (Å²) >= 11 is 0. The maximum atomic E-state index is 12.3. The van der Waals surface area contributed by atoms with E-state index in [0.29, 0.717) is 13.2 Å². The molecule has 7 heteroatoms. The number of carbonyl (C=O) groups excluding carboxylic acids is 1. The molecule has 0 aromatic heterocycles. The number of ether oxygens (including phenoxy) is 3. The van der Waals surface area contributed by atoms with Crippen LogP contribution in [0.15, 0.2) is 0 Å². The van der Waals surface area contributed by atoms with Crippen LogP contribution >= 0.6 is 0 Å². The smallest absolute Gasteiger partial charge is 0.328 e. The Morgan fingerprint density at radius 1 is 1.45 bits per heavy atom. The van der Waals surface area contributed by atoms with Crippen LogP contribution in [0.3, 0.4) is 0 Å². The molecular formula is C13H21NO6. The number of rotatable bonds is 5. The summed E-state index contributed by atoms with van der Waals surface area (Å²) in [6.45, 7) is 3.42. The molecule has 0 saturated carbocycles. The summed E-state index contributed by atoms with van der Waals surface area (Å²) in [6.07, 6.45) is 1.33. The molecule has 0 aromatic rings. The molecule has 1 N–H and O–H groups in total. The van der Waals surface area contributed by atoms with Crippen LogP contribution in [-0.2, 0) is 23.8 Å². The summed E-state index contributed by atoms with van der Waals surface area (Å²) < 4.78 is 16.1. The summed E-state index contributed by atoms with van der Waals surface area (Å²) in [5, 5.41) is 9.11. The molecule has 2 heterocycles. The molecule has 2 fully saturated rings. The Labute approximate surface area is 117 Å². The second-order valence-corrected chi connectivity index (χ2v) is 5.07. The maximum absolute atomic E-state index is 12.3. The summed E-state index contributed by atoms with van der Waals surface area (Å²) in [5.41, 5.74) is 0. The molecule has 0 bridgehead atoms. The molecule has 2 aliphatic rings. The van der Waals surface area contributed by atoms with Crippen LogP contribution in [-0.4, -0.2) is 73.1 Å². The molecule has 20 heavy (non-hydrogen) atoms. The van der Waals surface area contributed by atoms with Crippen molar-refractivity contribution in [1.29, 1.82) is 0 Å². The van der Waals surface area contributed by atoms with E-state index in [-0.39, 0.29) is 25.2 Å². The zero-order valence-electron chi connectivity index (χ0n) is 11.6. The van der Waals surface area contributed by atoms with Crippen LogP contribution in [0.25, 0.3) is 0 Å². The lowest BCUT2D eigenvalue weighted by molar-refractivity contribution is -0.164. The van der Waals surface area contributed by atoms with Crippen LogP contribution in [0.1, 0.15) is 19.8 Å². The van der Waals surface area contributed by atoms with E-state index in [4.69, 9.17) is 19.3 Å². The molecule has 0 radical (unpaired) electrons. The molecule has 0 aliphatic carbocycles. The Morgan fingerprint density at radius 2 is 2.25 bits per heavy atom. The third kappa shape index (κ3) is 3.68. The number of aliphatic carboxylic acids is 1. The fourth-order valence-corrected chi connectivity index (χ4v) is 2.40. The number of carboxylic acid groups (broad SMARTS) is 1. The zero-order valence-corrected chi connectivity index (χ0v) is 11.6. The van der Waals surface area contributed by atoms with Crippen molar-refractivity contribution in [1.82, 2.24) is 4.90 Å². The predicted octanol–water partition coefficient (Wildman–Crippen LogP) is -0.117. The molecular weight excluding hydrogens is 266 g/mol. The summed E-state index contributed by atoms with van der Waals surface area (Å²) in [7, 11) is 0. The van der Waals surface area contributed by atoms with Crippen LogP contribution in [0, 0.1) is 0 Å². The average molecular weight is 287 g/mol. The van der Waals surface area contributed by atoms with E-state index in [1.54, 1.807) is 6.92 Å². The number of nitrogens with zero attached hydrogens (tertiary/aromatic N) is 1. The lowest BCUT2D eigenvalue weighted by atomic mass is 10.2. The minimum Gasteiger partial charge on any atom is -0.480 e. The highest BCUT2D eigenvalue weighted by Crippen LogP contribution is 2.15. The Morgan fingerprint density at radius 3 is 2.90 bits per heavy atom. The first-order valence-electron chi connectivity index (χ1n) is 6.94. The first-order chi connectivity index (χ1) is 9.59. The van der Waals surface area contributed by atoms with Gasteiger partial charge in [-0.25, -0.2) is 4.79 Å². The number of carbonyl (C=O) groups is 2. The molecule has 0 aromatic carbocycles. The zero-order chi connectivity index (χ0) is 14.5. The van der Waals surface area contributed by atoms with Gasteiger partial charge in [-0.2, -0.15) is 0 Å². The van der Waals surface area contributed by atoms with Crippen molar-refractivity contribution < 1.29 is 28.9 Å². The van der Waals surface area contributed by atoms with Gasteiger partial charge in [0.25, 0.3) is 5.91 Å². The fraction of sp³-hybridized carbons (Fsp3) is 0.846. The molecule has 2 saturated heterocycles. The second-order valence-electron chi connectivity index (χ2n) is 5.07. The molecule has 2 rings (SSSR count). The number of amides is 1. The lowest BCUT2D eigenvalue weighted by Gasteiger charge is -2.34. The van der Waals surface area contributed by atoms with Crippen molar-refractivity contribution in [3.8, 4) is 0 Å². The van der Waals surface area contributed by atoms with Gasteiger partial charge in [-0.1, -0.05) is 0 Å². The first-order valence-corrected chi connectivity index (χ1v) is 6.94. The van der Waals surface area contributed by atoms with Gasteiger partial charge in [0.05, 0.1) is 25.9 Å². The maximum Gasteiger partial charge on any atom is 0.328 e. The van der Waals surface area contributed by atoms with Gasteiger partial charge in [-0.05, 0) is 19.8 Å². The van der Waals surface area contributed by atoms with Crippen molar-refractivity contribution >= 4 is 11.9 Å². The van der Waals surface area contributed by atoms with E-state index in [2.05, 4.69) is 0 Å². The average Bonchev–Trinajstić information content (AvgIpc) is 2.97. The van der Waals surface area contributed by atoms with Gasteiger partial charge in [0.2, 0.25) is 0 Å². The SMILES string of the molecule is C[C@H](OC[C@H]1CCCO1)C(=O)N1CCOC[C@@H]1C(=O)O. The Balaban J connectivity index is 1.85. The van der Waals surface area contributed by atoms with Crippen LogP contribution in [0.5, 0.6) is 0 Å². The quantitative estimate of drug-likeness (QED) is 0.759. The second kappa shape index (κ2) is 7.01. The highest BCUT2D eigenvalue weighted by Gasteiger charge is 2.35. The largest absolute Gasteiger partial charge is 0.480 e. The topological polar surface area (TPSA) is 85.3 Å². The van der Waals surface area contributed by atoms with Gasteiger partial charge >= 0.3 is 5.97 Å². The molecule has 114 valence electrons.